The molecule has 0 spiro atoms. The number of hydrogen-bond acceptors (Lipinski definition) is 4. The third-order valence-electron chi connectivity index (χ3n) is 4.18. The Morgan fingerprint density at radius 1 is 1.08 bits per heavy atom. The van der Waals surface area contributed by atoms with Crippen molar-refractivity contribution >= 4 is 10.9 Å². The van der Waals surface area contributed by atoms with Gasteiger partial charge in [0.15, 0.2) is 0 Å². The molecule has 0 saturated heterocycles. The normalized spacial score (nSPS) is 11.0. The van der Waals surface area contributed by atoms with Gasteiger partial charge in [-0.2, -0.15) is 0 Å². The van der Waals surface area contributed by atoms with Crippen LogP contribution >= 0.6 is 0 Å². The van der Waals surface area contributed by atoms with E-state index in [0.29, 0.717) is 12.4 Å². The Kier molecular flexibility index (Phi) is 5.01. The fraction of sp³-hybridized carbons (Fsp3) is 0.316. The van der Waals surface area contributed by atoms with Crippen molar-refractivity contribution in [3.05, 3.63) is 42.0 Å². The maximum absolute atomic E-state index is 5.66. The maximum atomic E-state index is 5.66. The summed E-state index contributed by atoms with van der Waals surface area (Å²) in [6.07, 6.45) is 2.98. The zero-order chi connectivity index (χ0) is 16.9. The quantitative estimate of drug-likeness (QED) is 0.652. The molecule has 3 aromatic rings. The Balaban J connectivity index is 2.12. The summed E-state index contributed by atoms with van der Waals surface area (Å²) in [7, 11) is 3.32. The highest BCUT2D eigenvalue weighted by molar-refractivity contribution is 5.91. The minimum absolute atomic E-state index is 0.608. The first-order valence-corrected chi connectivity index (χ1v) is 8.17. The lowest BCUT2D eigenvalue weighted by Gasteiger charge is -2.06. The van der Waals surface area contributed by atoms with Gasteiger partial charge in [0, 0.05) is 17.0 Å². The Hall–Kier alpha value is -2.53. The second-order valence-electron chi connectivity index (χ2n) is 5.70. The molecule has 2 heterocycles. The van der Waals surface area contributed by atoms with Gasteiger partial charge in [0.25, 0.3) is 0 Å². The monoisotopic (exact) mass is 325 g/mol. The van der Waals surface area contributed by atoms with Crippen molar-refractivity contribution in [3.8, 4) is 23.0 Å². The molecular formula is C19H23N3O2. The molecule has 0 aliphatic rings. The van der Waals surface area contributed by atoms with Crippen LogP contribution in [0.5, 0.6) is 11.6 Å². The summed E-state index contributed by atoms with van der Waals surface area (Å²) in [5, 5.41) is 1.17. The minimum Gasteiger partial charge on any atom is -0.497 e. The molecule has 3 N–H and O–H groups in total. The predicted octanol–water partition coefficient (Wildman–Crippen LogP) is 3.53. The number of methoxy groups -OCH3 is 2. The number of pyridine rings is 1. The van der Waals surface area contributed by atoms with E-state index < -0.39 is 0 Å². The van der Waals surface area contributed by atoms with Gasteiger partial charge in [0.1, 0.15) is 5.75 Å². The molecule has 5 heteroatoms. The number of nitrogens with one attached hydrogen (secondary N) is 1. The molecule has 0 atom stereocenters. The average molecular weight is 325 g/mol. The first kappa shape index (κ1) is 16.3. The number of aryl methyl sites for hydroxylation is 1. The van der Waals surface area contributed by atoms with Crippen molar-refractivity contribution in [3.63, 3.8) is 0 Å². The zero-order valence-electron chi connectivity index (χ0n) is 14.1. The molecule has 1 aromatic carbocycles. The van der Waals surface area contributed by atoms with Crippen LogP contribution in [-0.4, -0.2) is 30.7 Å². The van der Waals surface area contributed by atoms with Crippen LogP contribution in [0.4, 0.5) is 0 Å². The van der Waals surface area contributed by atoms with E-state index in [1.807, 2.05) is 30.3 Å². The third-order valence-corrected chi connectivity index (χ3v) is 4.18. The molecule has 0 amide bonds. The number of nitrogens with two attached hydrogens (primary N) is 1. The predicted molar refractivity (Wildman–Crippen MR) is 96.6 cm³/mol. The highest BCUT2D eigenvalue weighted by Crippen LogP contribution is 2.33. The maximum Gasteiger partial charge on any atom is 0.213 e. The van der Waals surface area contributed by atoms with Gasteiger partial charge in [-0.25, -0.2) is 4.98 Å². The van der Waals surface area contributed by atoms with Crippen LogP contribution in [-0.2, 0) is 6.42 Å². The van der Waals surface area contributed by atoms with E-state index in [4.69, 9.17) is 15.2 Å². The number of rotatable bonds is 7. The molecule has 0 unspecified atom stereocenters. The van der Waals surface area contributed by atoms with E-state index in [9.17, 15) is 0 Å². The van der Waals surface area contributed by atoms with Crippen LogP contribution in [0.3, 0.4) is 0 Å². The van der Waals surface area contributed by atoms with Crippen molar-refractivity contribution in [1.29, 1.82) is 0 Å². The lowest BCUT2D eigenvalue weighted by molar-refractivity contribution is 0.398. The largest absolute Gasteiger partial charge is 0.497 e. The number of hydrogen-bond donors (Lipinski definition) is 2. The number of aromatic amines is 1. The first-order chi connectivity index (χ1) is 11.8. The SMILES string of the molecule is COc1ccc2[nH]c(-c3cccc(OC)n3)c(CCCCN)c2c1. The molecule has 0 aliphatic heterocycles. The summed E-state index contributed by atoms with van der Waals surface area (Å²) < 4.78 is 10.6. The molecule has 0 fully saturated rings. The number of ether oxygens (including phenoxy) is 2. The number of fused-ring (bicyclic) bond motifs is 1. The molecule has 0 bridgehead atoms. The van der Waals surface area contributed by atoms with Crippen molar-refractivity contribution in [2.24, 2.45) is 5.73 Å². The molecule has 126 valence electrons. The zero-order valence-corrected chi connectivity index (χ0v) is 14.1. The van der Waals surface area contributed by atoms with Gasteiger partial charge in [-0.3, -0.25) is 0 Å². The van der Waals surface area contributed by atoms with Gasteiger partial charge in [-0.15, -0.1) is 0 Å². The topological polar surface area (TPSA) is 73.2 Å². The number of H-pyrrole nitrogens is 1. The summed E-state index contributed by atoms with van der Waals surface area (Å²) in [6, 6.07) is 11.9. The van der Waals surface area contributed by atoms with Gasteiger partial charge in [-0.05, 0) is 55.6 Å². The Morgan fingerprint density at radius 2 is 1.96 bits per heavy atom. The molecule has 5 nitrogen and oxygen atoms in total. The van der Waals surface area contributed by atoms with Crippen molar-refractivity contribution < 1.29 is 9.47 Å². The molecular weight excluding hydrogens is 302 g/mol. The van der Waals surface area contributed by atoms with Crippen molar-refractivity contribution in [1.82, 2.24) is 9.97 Å². The third kappa shape index (κ3) is 3.21. The fourth-order valence-electron chi connectivity index (χ4n) is 2.95. The van der Waals surface area contributed by atoms with Crippen LogP contribution in [0.15, 0.2) is 36.4 Å². The number of benzene rings is 1. The van der Waals surface area contributed by atoms with Crippen LogP contribution in [0.2, 0.25) is 0 Å². The number of nitrogens with zero attached hydrogens (tertiary/aromatic N) is 1. The Bertz CT molecular complexity index is 827. The second-order valence-corrected chi connectivity index (χ2v) is 5.70. The number of unbranched alkanes of at least 4 members (excludes halogenated alkanes) is 1. The summed E-state index contributed by atoms with van der Waals surface area (Å²) in [5.74, 6) is 1.46. The molecule has 0 radical (unpaired) electrons. The van der Waals surface area contributed by atoms with Crippen molar-refractivity contribution in [2.45, 2.75) is 19.3 Å². The van der Waals surface area contributed by atoms with E-state index in [2.05, 4.69) is 16.0 Å². The summed E-state index contributed by atoms with van der Waals surface area (Å²) >= 11 is 0. The highest BCUT2D eigenvalue weighted by atomic mass is 16.5. The number of aromatic nitrogens is 2. The van der Waals surface area contributed by atoms with Crippen LogP contribution in [0.1, 0.15) is 18.4 Å². The lowest BCUT2D eigenvalue weighted by atomic mass is 10.0. The smallest absolute Gasteiger partial charge is 0.213 e. The van der Waals surface area contributed by atoms with Gasteiger partial charge in [-0.1, -0.05) is 6.07 Å². The Labute approximate surface area is 141 Å². The summed E-state index contributed by atoms with van der Waals surface area (Å²) in [5.41, 5.74) is 9.90. The van der Waals surface area contributed by atoms with Gasteiger partial charge in [0.2, 0.25) is 5.88 Å². The highest BCUT2D eigenvalue weighted by Gasteiger charge is 2.15. The van der Waals surface area contributed by atoms with Crippen molar-refractivity contribution in [2.75, 3.05) is 20.8 Å². The molecule has 24 heavy (non-hydrogen) atoms. The summed E-state index contributed by atoms with van der Waals surface area (Å²) in [6.45, 7) is 0.707. The van der Waals surface area contributed by atoms with E-state index in [1.165, 1.54) is 10.9 Å². The lowest BCUT2D eigenvalue weighted by Crippen LogP contribution is -1.99. The Morgan fingerprint density at radius 3 is 2.71 bits per heavy atom. The van der Waals surface area contributed by atoms with Gasteiger partial charge >= 0.3 is 0 Å². The van der Waals surface area contributed by atoms with E-state index in [-0.39, 0.29) is 0 Å². The standard InChI is InChI=1S/C19H23N3O2/c1-23-13-9-10-16-15(12-13)14(6-3-4-11-20)19(22-16)17-7-5-8-18(21-17)24-2/h5,7-10,12,22H,3-4,6,11,20H2,1-2H3. The molecule has 2 aromatic heterocycles. The van der Waals surface area contributed by atoms with E-state index >= 15 is 0 Å². The first-order valence-electron chi connectivity index (χ1n) is 8.17. The molecule has 3 rings (SSSR count). The van der Waals surface area contributed by atoms with Crippen LogP contribution in [0, 0.1) is 0 Å². The van der Waals surface area contributed by atoms with E-state index in [0.717, 1.165) is 41.9 Å². The molecule has 0 saturated carbocycles. The van der Waals surface area contributed by atoms with Gasteiger partial charge in [0.05, 0.1) is 25.6 Å². The molecule has 0 aliphatic carbocycles. The average Bonchev–Trinajstić information content (AvgIpc) is 3.00. The van der Waals surface area contributed by atoms with E-state index in [1.54, 1.807) is 14.2 Å². The summed E-state index contributed by atoms with van der Waals surface area (Å²) in [4.78, 5) is 8.08. The van der Waals surface area contributed by atoms with Gasteiger partial charge < -0.3 is 20.2 Å². The minimum atomic E-state index is 0.608. The van der Waals surface area contributed by atoms with Crippen LogP contribution in [0.25, 0.3) is 22.3 Å². The fourth-order valence-corrected chi connectivity index (χ4v) is 2.95. The van der Waals surface area contributed by atoms with Crippen LogP contribution < -0.4 is 15.2 Å². The second kappa shape index (κ2) is 7.36.